The minimum Gasteiger partial charge on any atom is -0.310 e. The molecule has 132 valence electrons. The average molecular weight is 370 g/mol. The molecule has 0 aliphatic carbocycles. The van der Waals surface area contributed by atoms with Crippen LogP contribution in [0.15, 0.2) is 53.8 Å². The third kappa shape index (κ3) is 4.03. The third-order valence-corrected chi connectivity index (χ3v) is 4.44. The Kier molecular flexibility index (Phi) is 5.23. The van der Waals surface area contributed by atoms with Crippen molar-refractivity contribution in [2.24, 2.45) is 7.05 Å². The average Bonchev–Trinajstić information content (AvgIpc) is 3.01. The van der Waals surface area contributed by atoms with Crippen LogP contribution in [0.3, 0.4) is 0 Å². The number of pyridine rings is 1. The van der Waals surface area contributed by atoms with Crippen LogP contribution in [0.4, 0.5) is 11.5 Å². The number of nitrogens with zero attached hydrogens (tertiary/aromatic N) is 5. The lowest BCUT2D eigenvalue weighted by atomic mass is 10.2. The molecular weight excluding hydrogens is 356 g/mol. The molecule has 0 aliphatic heterocycles. The number of benzene rings is 1. The van der Waals surface area contributed by atoms with E-state index in [0.717, 1.165) is 0 Å². The van der Waals surface area contributed by atoms with Crippen LogP contribution >= 0.6 is 11.8 Å². The summed E-state index contributed by atoms with van der Waals surface area (Å²) in [5.41, 5.74) is 0.563. The lowest BCUT2D eigenvalue weighted by Gasteiger charge is -2.05. The van der Waals surface area contributed by atoms with Gasteiger partial charge in [-0.1, -0.05) is 30.0 Å². The van der Waals surface area contributed by atoms with E-state index in [1.807, 2.05) is 0 Å². The Hall–Kier alpha value is -3.27. The van der Waals surface area contributed by atoms with Crippen LogP contribution in [-0.4, -0.2) is 36.3 Å². The number of carbonyl (C=O) groups excluding carboxylic acids is 1. The Bertz CT molecular complexity index is 944. The van der Waals surface area contributed by atoms with Crippen molar-refractivity contribution in [3.63, 3.8) is 0 Å². The maximum atomic E-state index is 12.0. The number of aromatic nitrogens is 4. The molecule has 0 aliphatic rings. The second-order valence-electron chi connectivity index (χ2n) is 5.22. The number of rotatable bonds is 6. The van der Waals surface area contributed by atoms with Gasteiger partial charge < -0.3 is 9.88 Å². The van der Waals surface area contributed by atoms with E-state index < -0.39 is 4.92 Å². The van der Waals surface area contributed by atoms with E-state index in [2.05, 4.69) is 20.5 Å². The van der Waals surface area contributed by atoms with E-state index in [9.17, 15) is 14.9 Å². The molecule has 0 bridgehead atoms. The molecule has 0 radical (unpaired) electrons. The number of amides is 1. The summed E-state index contributed by atoms with van der Waals surface area (Å²) in [6.07, 6.45) is 1.59. The maximum absolute atomic E-state index is 12.0. The molecule has 2 aromatic heterocycles. The summed E-state index contributed by atoms with van der Waals surface area (Å²) in [6.45, 7) is 0. The zero-order valence-electron chi connectivity index (χ0n) is 13.7. The number of nitro groups is 1. The molecule has 3 rings (SSSR count). The zero-order valence-corrected chi connectivity index (χ0v) is 14.5. The van der Waals surface area contributed by atoms with Crippen molar-refractivity contribution in [3.05, 3.63) is 58.8 Å². The molecule has 0 saturated carbocycles. The van der Waals surface area contributed by atoms with Crippen molar-refractivity contribution in [1.82, 2.24) is 19.7 Å². The highest BCUT2D eigenvalue weighted by atomic mass is 32.2. The lowest BCUT2D eigenvalue weighted by molar-refractivity contribution is -0.384. The molecule has 0 fully saturated rings. The summed E-state index contributed by atoms with van der Waals surface area (Å²) in [5, 5.41) is 22.3. The molecule has 26 heavy (non-hydrogen) atoms. The second-order valence-corrected chi connectivity index (χ2v) is 6.17. The van der Waals surface area contributed by atoms with Gasteiger partial charge >= 0.3 is 0 Å². The first-order valence-corrected chi connectivity index (χ1v) is 8.51. The summed E-state index contributed by atoms with van der Waals surface area (Å²) in [5.74, 6) is 0.889. The highest BCUT2D eigenvalue weighted by Crippen LogP contribution is 2.25. The first-order chi connectivity index (χ1) is 12.5. The van der Waals surface area contributed by atoms with Gasteiger partial charge in [-0.3, -0.25) is 14.9 Å². The highest BCUT2D eigenvalue weighted by molar-refractivity contribution is 7.99. The molecule has 0 atom stereocenters. The van der Waals surface area contributed by atoms with Crippen LogP contribution in [-0.2, 0) is 11.8 Å². The van der Waals surface area contributed by atoms with E-state index in [4.69, 9.17) is 0 Å². The fraction of sp³-hybridized carbons (Fsp3) is 0.125. The Morgan fingerprint density at radius 1 is 1.27 bits per heavy atom. The molecule has 0 saturated heterocycles. The predicted molar refractivity (Wildman–Crippen MR) is 96.7 cm³/mol. The summed E-state index contributed by atoms with van der Waals surface area (Å²) >= 11 is 1.22. The Morgan fingerprint density at radius 3 is 2.85 bits per heavy atom. The maximum Gasteiger partial charge on any atom is 0.270 e. The molecule has 1 aromatic carbocycles. The smallest absolute Gasteiger partial charge is 0.270 e. The number of anilines is 1. The van der Waals surface area contributed by atoms with Gasteiger partial charge in [-0.25, -0.2) is 4.98 Å². The second kappa shape index (κ2) is 7.74. The van der Waals surface area contributed by atoms with Gasteiger partial charge in [-0.2, -0.15) is 0 Å². The lowest BCUT2D eigenvalue weighted by Crippen LogP contribution is -2.15. The van der Waals surface area contributed by atoms with Gasteiger partial charge in [0.15, 0.2) is 11.0 Å². The van der Waals surface area contributed by atoms with Crippen LogP contribution in [0.5, 0.6) is 0 Å². The monoisotopic (exact) mass is 370 g/mol. The largest absolute Gasteiger partial charge is 0.310 e. The van der Waals surface area contributed by atoms with Gasteiger partial charge in [0.25, 0.3) is 5.69 Å². The van der Waals surface area contributed by atoms with Crippen molar-refractivity contribution < 1.29 is 9.72 Å². The minimum atomic E-state index is -0.461. The summed E-state index contributed by atoms with van der Waals surface area (Å²) < 4.78 is 1.69. The van der Waals surface area contributed by atoms with Gasteiger partial charge in [0.2, 0.25) is 5.91 Å². The van der Waals surface area contributed by atoms with Gasteiger partial charge in [-0.05, 0) is 12.1 Å². The predicted octanol–water partition coefficient (Wildman–Crippen LogP) is 2.52. The molecule has 1 N–H and O–H groups in total. The van der Waals surface area contributed by atoms with Gasteiger partial charge in [0, 0.05) is 30.9 Å². The van der Waals surface area contributed by atoms with E-state index in [0.29, 0.717) is 22.4 Å². The van der Waals surface area contributed by atoms with E-state index >= 15 is 0 Å². The van der Waals surface area contributed by atoms with E-state index in [1.54, 1.807) is 48.1 Å². The molecule has 0 unspecified atom stereocenters. The van der Waals surface area contributed by atoms with Crippen LogP contribution < -0.4 is 5.32 Å². The van der Waals surface area contributed by atoms with Crippen LogP contribution in [0.25, 0.3) is 11.4 Å². The molecule has 9 nitrogen and oxygen atoms in total. The van der Waals surface area contributed by atoms with Gasteiger partial charge in [-0.15, -0.1) is 10.2 Å². The Balaban J connectivity index is 1.68. The quantitative estimate of drug-likeness (QED) is 0.402. The summed E-state index contributed by atoms with van der Waals surface area (Å²) in [6, 6.07) is 11.4. The number of hydrogen-bond donors (Lipinski definition) is 1. The van der Waals surface area contributed by atoms with Crippen LogP contribution in [0.1, 0.15) is 0 Å². The number of hydrogen-bond acceptors (Lipinski definition) is 7. The first kappa shape index (κ1) is 17.5. The number of nitrogens with one attached hydrogen (secondary N) is 1. The Morgan fingerprint density at radius 2 is 2.12 bits per heavy atom. The van der Waals surface area contributed by atoms with Crippen molar-refractivity contribution in [3.8, 4) is 11.4 Å². The molecule has 3 aromatic rings. The molecule has 0 spiro atoms. The molecular formula is C16H14N6O3S. The SMILES string of the molecule is Cn1c(SCC(=O)Nc2ccccn2)nnc1-c1cccc([N+](=O)[O-])c1. The number of nitro benzene ring substituents is 1. The van der Waals surface area contributed by atoms with Gasteiger partial charge in [0.1, 0.15) is 5.82 Å². The number of thioether (sulfide) groups is 1. The Labute approximate surface area is 152 Å². The summed E-state index contributed by atoms with van der Waals surface area (Å²) in [4.78, 5) is 26.5. The number of non-ortho nitro benzene ring substituents is 1. The minimum absolute atomic E-state index is 0.0190. The third-order valence-electron chi connectivity index (χ3n) is 3.41. The normalized spacial score (nSPS) is 10.5. The highest BCUT2D eigenvalue weighted by Gasteiger charge is 2.15. The fourth-order valence-corrected chi connectivity index (χ4v) is 2.91. The van der Waals surface area contributed by atoms with Crippen LogP contribution in [0.2, 0.25) is 0 Å². The standard InChI is InChI=1S/C16H14N6O3S/c1-21-15(11-5-4-6-12(9-11)22(24)25)19-20-16(21)26-10-14(23)18-13-7-2-3-8-17-13/h2-9H,10H2,1H3,(H,17,18,23). The van der Waals surface area contributed by atoms with Crippen molar-refractivity contribution in [2.75, 3.05) is 11.1 Å². The van der Waals surface area contributed by atoms with Crippen LogP contribution in [0, 0.1) is 10.1 Å². The molecule has 2 heterocycles. The molecule has 1 amide bonds. The number of carbonyl (C=O) groups is 1. The topological polar surface area (TPSA) is 116 Å². The fourth-order valence-electron chi connectivity index (χ4n) is 2.20. The van der Waals surface area contributed by atoms with Crippen molar-refractivity contribution in [1.29, 1.82) is 0 Å². The zero-order chi connectivity index (χ0) is 18.5. The van der Waals surface area contributed by atoms with Crippen molar-refractivity contribution in [2.45, 2.75) is 5.16 Å². The first-order valence-electron chi connectivity index (χ1n) is 7.52. The van der Waals surface area contributed by atoms with Gasteiger partial charge in [0.05, 0.1) is 10.7 Å². The van der Waals surface area contributed by atoms with E-state index in [1.165, 1.54) is 23.9 Å². The van der Waals surface area contributed by atoms with E-state index in [-0.39, 0.29) is 17.3 Å². The van der Waals surface area contributed by atoms with Crippen molar-refractivity contribution >= 4 is 29.2 Å². The summed E-state index contributed by atoms with van der Waals surface area (Å²) in [7, 11) is 1.74. The molecule has 10 heteroatoms.